The van der Waals surface area contributed by atoms with E-state index in [-0.39, 0.29) is 11.0 Å². The molecule has 0 radical (unpaired) electrons. The topological polar surface area (TPSA) is 37.3 Å². The molecular formula is C5H12O2Si. The van der Waals surface area contributed by atoms with Crippen molar-refractivity contribution in [3.8, 4) is 0 Å². The van der Waals surface area contributed by atoms with Crippen LogP contribution in [0.5, 0.6) is 0 Å². The molecule has 3 heteroatoms. The lowest BCUT2D eigenvalue weighted by atomic mass is 10.3. The fraction of sp³-hybridized carbons (Fsp3) is 0.400. The van der Waals surface area contributed by atoms with Gasteiger partial charge in [-0.25, -0.2) is 4.79 Å². The second-order valence-corrected chi connectivity index (χ2v) is 1.28. The van der Waals surface area contributed by atoms with Crippen molar-refractivity contribution in [2.75, 3.05) is 0 Å². The van der Waals surface area contributed by atoms with Crippen LogP contribution in [-0.2, 0) is 4.79 Å². The lowest BCUT2D eigenvalue weighted by Gasteiger charge is -1.84. The summed E-state index contributed by atoms with van der Waals surface area (Å²) < 4.78 is 0. The first kappa shape index (κ1) is 10.4. The Morgan fingerprint density at radius 3 is 2.00 bits per heavy atom. The predicted molar refractivity (Wildman–Crippen MR) is 38.4 cm³/mol. The maximum absolute atomic E-state index is 9.86. The molecule has 0 atom stereocenters. The molecule has 0 aromatic heterocycles. The summed E-state index contributed by atoms with van der Waals surface area (Å²) in [5.41, 5.74) is 0.389. The predicted octanol–water partition coefficient (Wildman–Crippen LogP) is -0.414. The van der Waals surface area contributed by atoms with E-state index in [1.165, 1.54) is 0 Å². The molecule has 0 aliphatic carbocycles. The molecule has 0 aromatic carbocycles. The third-order valence-corrected chi connectivity index (χ3v) is 0.770. The number of rotatable bonds is 1. The highest BCUT2D eigenvalue weighted by Crippen LogP contribution is 1.87. The molecule has 0 bridgehead atoms. The van der Waals surface area contributed by atoms with Gasteiger partial charge in [-0.15, -0.1) is 0 Å². The zero-order valence-corrected chi connectivity index (χ0v) is 4.43. The average Bonchev–Trinajstić information content (AvgIpc) is 1.65. The van der Waals surface area contributed by atoms with Gasteiger partial charge >= 0.3 is 5.97 Å². The largest absolute Gasteiger partial charge is 0.478 e. The fourth-order valence-electron chi connectivity index (χ4n) is 0.123. The number of carbonyl (C=O) groups is 1. The summed E-state index contributed by atoms with van der Waals surface area (Å²) >= 11 is 0. The Morgan fingerprint density at radius 2 is 2.00 bits per heavy atom. The number of aliphatic carboxylic acids is 1. The van der Waals surface area contributed by atoms with Crippen molar-refractivity contribution < 1.29 is 9.90 Å². The van der Waals surface area contributed by atoms with Gasteiger partial charge in [0.15, 0.2) is 0 Å². The van der Waals surface area contributed by atoms with Gasteiger partial charge in [-0.2, -0.15) is 0 Å². The second-order valence-electron chi connectivity index (χ2n) is 1.28. The van der Waals surface area contributed by atoms with Crippen LogP contribution in [-0.4, -0.2) is 22.0 Å². The standard InChI is InChI=1S/C5H8O2.H4Si/c1-3-4(2)5(6)7;/h3H,1-2H3,(H,6,7);1H4. The summed E-state index contributed by atoms with van der Waals surface area (Å²) in [6.45, 7) is 3.26. The molecule has 0 aliphatic heterocycles. The van der Waals surface area contributed by atoms with Crippen LogP contribution in [0, 0.1) is 0 Å². The molecule has 0 rings (SSSR count). The van der Waals surface area contributed by atoms with Crippen LogP contribution in [0.3, 0.4) is 0 Å². The molecule has 0 aromatic rings. The smallest absolute Gasteiger partial charge is 0.330 e. The number of carboxylic acid groups (broad SMARTS) is 1. The molecule has 0 saturated heterocycles. The van der Waals surface area contributed by atoms with Crippen molar-refractivity contribution >= 4 is 16.9 Å². The van der Waals surface area contributed by atoms with Gasteiger partial charge in [0.25, 0.3) is 0 Å². The first-order valence-corrected chi connectivity index (χ1v) is 2.04. The Kier molecular flexibility index (Phi) is 5.97. The molecule has 2 nitrogen and oxygen atoms in total. The number of allylic oxidation sites excluding steroid dienone is 1. The zero-order chi connectivity index (χ0) is 5.86. The van der Waals surface area contributed by atoms with Crippen LogP contribution in [0.15, 0.2) is 11.6 Å². The van der Waals surface area contributed by atoms with Crippen molar-refractivity contribution in [1.29, 1.82) is 0 Å². The van der Waals surface area contributed by atoms with Gasteiger partial charge in [-0.05, 0) is 24.8 Å². The lowest BCUT2D eigenvalue weighted by molar-refractivity contribution is -0.132. The Labute approximate surface area is 53.2 Å². The van der Waals surface area contributed by atoms with Gasteiger partial charge in [0, 0.05) is 5.57 Å². The van der Waals surface area contributed by atoms with Crippen LogP contribution >= 0.6 is 0 Å². The molecular weight excluding hydrogens is 120 g/mol. The minimum atomic E-state index is -0.845. The van der Waals surface area contributed by atoms with Gasteiger partial charge < -0.3 is 5.11 Å². The summed E-state index contributed by atoms with van der Waals surface area (Å²) in [6, 6.07) is 0. The highest BCUT2D eigenvalue weighted by molar-refractivity contribution is 5.85. The summed E-state index contributed by atoms with van der Waals surface area (Å²) in [4.78, 5) is 9.86. The molecule has 0 aliphatic rings. The maximum Gasteiger partial charge on any atom is 0.330 e. The van der Waals surface area contributed by atoms with E-state index >= 15 is 0 Å². The minimum absolute atomic E-state index is 0. The molecule has 0 amide bonds. The van der Waals surface area contributed by atoms with E-state index in [4.69, 9.17) is 5.11 Å². The minimum Gasteiger partial charge on any atom is -0.478 e. The maximum atomic E-state index is 9.86. The van der Waals surface area contributed by atoms with E-state index in [2.05, 4.69) is 0 Å². The lowest BCUT2D eigenvalue weighted by Crippen LogP contribution is -1.93. The fourth-order valence-corrected chi connectivity index (χ4v) is 0.123. The van der Waals surface area contributed by atoms with Crippen LogP contribution in [0.4, 0.5) is 0 Å². The SMILES string of the molecule is CC=C(C)C(=O)O.[SiH4]. The van der Waals surface area contributed by atoms with Crippen molar-refractivity contribution in [1.82, 2.24) is 0 Å². The van der Waals surface area contributed by atoms with Crippen molar-refractivity contribution in [2.24, 2.45) is 0 Å². The normalized spacial score (nSPS) is 10.0. The van der Waals surface area contributed by atoms with Gasteiger partial charge in [-0.1, -0.05) is 6.08 Å². The first-order chi connectivity index (χ1) is 3.18. The summed E-state index contributed by atoms with van der Waals surface area (Å²) in [7, 11) is 0. The van der Waals surface area contributed by atoms with Crippen molar-refractivity contribution in [2.45, 2.75) is 13.8 Å². The van der Waals surface area contributed by atoms with E-state index in [9.17, 15) is 4.79 Å². The average molecular weight is 132 g/mol. The molecule has 8 heavy (non-hydrogen) atoms. The van der Waals surface area contributed by atoms with Gasteiger partial charge in [0.1, 0.15) is 0 Å². The molecule has 0 heterocycles. The Bertz CT molecular complexity index is 107. The Balaban J connectivity index is 0. The third kappa shape index (κ3) is 3.61. The van der Waals surface area contributed by atoms with Crippen molar-refractivity contribution in [3.05, 3.63) is 11.6 Å². The number of hydrogen-bond donors (Lipinski definition) is 1. The molecule has 0 spiro atoms. The Hall–Kier alpha value is -0.573. The molecule has 0 fully saturated rings. The molecule has 48 valence electrons. The van der Waals surface area contributed by atoms with Gasteiger partial charge in [-0.3, -0.25) is 0 Å². The van der Waals surface area contributed by atoms with Crippen LogP contribution in [0.2, 0.25) is 0 Å². The van der Waals surface area contributed by atoms with Crippen LogP contribution < -0.4 is 0 Å². The summed E-state index contributed by atoms with van der Waals surface area (Å²) in [6.07, 6.45) is 1.56. The highest BCUT2D eigenvalue weighted by Gasteiger charge is 1.93. The van der Waals surface area contributed by atoms with Gasteiger partial charge in [0.2, 0.25) is 0 Å². The zero-order valence-electron chi connectivity index (χ0n) is 4.43. The summed E-state index contributed by atoms with van der Waals surface area (Å²) in [5, 5.41) is 8.11. The van der Waals surface area contributed by atoms with E-state index in [0.717, 1.165) is 0 Å². The van der Waals surface area contributed by atoms with Gasteiger partial charge in [0.05, 0.1) is 0 Å². The highest BCUT2D eigenvalue weighted by atomic mass is 28.1. The Morgan fingerprint density at radius 1 is 1.62 bits per heavy atom. The number of carboxylic acids is 1. The molecule has 0 saturated carbocycles. The molecule has 1 N–H and O–H groups in total. The quantitative estimate of drug-likeness (QED) is 0.389. The van der Waals surface area contributed by atoms with Crippen LogP contribution in [0.25, 0.3) is 0 Å². The van der Waals surface area contributed by atoms with E-state index in [1.54, 1.807) is 19.9 Å². The third-order valence-electron chi connectivity index (χ3n) is 0.770. The monoisotopic (exact) mass is 132 g/mol. The second kappa shape index (κ2) is 4.58. The van der Waals surface area contributed by atoms with Crippen LogP contribution in [0.1, 0.15) is 13.8 Å². The van der Waals surface area contributed by atoms with E-state index in [1.807, 2.05) is 0 Å². The molecule has 0 unspecified atom stereocenters. The number of hydrogen-bond acceptors (Lipinski definition) is 1. The first-order valence-electron chi connectivity index (χ1n) is 2.04. The van der Waals surface area contributed by atoms with Crippen molar-refractivity contribution in [3.63, 3.8) is 0 Å². The van der Waals surface area contributed by atoms with E-state index in [0.29, 0.717) is 5.57 Å². The summed E-state index contributed by atoms with van der Waals surface area (Å²) in [5.74, 6) is -0.845. The van der Waals surface area contributed by atoms with E-state index < -0.39 is 5.97 Å².